The second-order valence-electron chi connectivity index (χ2n) is 5.47. The molecular formula is C16H25N3O. The Morgan fingerprint density at radius 3 is 2.40 bits per heavy atom. The van der Waals surface area contributed by atoms with Crippen LogP contribution in [0.1, 0.15) is 31.2 Å². The maximum atomic E-state index is 12.3. The summed E-state index contributed by atoms with van der Waals surface area (Å²) in [6.45, 7) is 2.21. The fraction of sp³-hybridized carbons (Fsp3) is 0.562. The molecule has 0 radical (unpaired) electrons. The van der Waals surface area contributed by atoms with Crippen molar-refractivity contribution in [3.05, 3.63) is 35.9 Å². The average molecular weight is 275 g/mol. The Bertz CT molecular complexity index is 399. The number of benzene rings is 1. The van der Waals surface area contributed by atoms with Gasteiger partial charge in [0.2, 0.25) is 0 Å². The third kappa shape index (κ3) is 4.53. The molecule has 1 aliphatic rings. The predicted molar refractivity (Wildman–Crippen MR) is 81.6 cm³/mol. The first-order chi connectivity index (χ1) is 9.79. The third-order valence-corrected chi connectivity index (χ3v) is 3.83. The molecule has 0 spiro atoms. The number of carbonyl (C=O) groups is 1. The smallest absolute Gasteiger partial charge is 0.317 e. The van der Waals surface area contributed by atoms with Crippen LogP contribution in [-0.2, 0) is 6.42 Å². The fourth-order valence-corrected chi connectivity index (χ4v) is 2.63. The second kappa shape index (κ2) is 7.90. The normalized spacial score (nSPS) is 17.4. The lowest BCUT2D eigenvalue weighted by atomic mass is 10.1. The number of urea groups is 1. The number of likely N-dealkylation sites (tertiary alicyclic amines) is 1. The lowest BCUT2D eigenvalue weighted by Crippen LogP contribution is -2.48. The Hall–Kier alpha value is -1.55. The van der Waals surface area contributed by atoms with Gasteiger partial charge in [-0.05, 0) is 24.8 Å². The Kier molecular flexibility index (Phi) is 5.87. The van der Waals surface area contributed by atoms with Crippen molar-refractivity contribution >= 4 is 6.03 Å². The predicted octanol–water partition coefficient (Wildman–Crippen LogP) is 2.14. The van der Waals surface area contributed by atoms with E-state index in [-0.39, 0.29) is 12.1 Å². The van der Waals surface area contributed by atoms with E-state index in [1.54, 1.807) is 0 Å². The highest BCUT2D eigenvalue weighted by molar-refractivity contribution is 5.74. The van der Waals surface area contributed by atoms with E-state index in [0.29, 0.717) is 6.54 Å². The van der Waals surface area contributed by atoms with Gasteiger partial charge in [0.1, 0.15) is 0 Å². The van der Waals surface area contributed by atoms with Gasteiger partial charge in [-0.25, -0.2) is 4.79 Å². The van der Waals surface area contributed by atoms with E-state index >= 15 is 0 Å². The van der Waals surface area contributed by atoms with Crippen molar-refractivity contribution in [2.24, 2.45) is 5.73 Å². The van der Waals surface area contributed by atoms with Crippen LogP contribution in [0.4, 0.5) is 4.79 Å². The van der Waals surface area contributed by atoms with Crippen molar-refractivity contribution in [2.75, 3.05) is 19.6 Å². The van der Waals surface area contributed by atoms with Crippen LogP contribution >= 0.6 is 0 Å². The molecule has 1 heterocycles. The number of carbonyl (C=O) groups excluding carboxylic acids is 1. The molecule has 1 aliphatic heterocycles. The van der Waals surface area contributed by atoms with E-state index in [4.69, 9.17) is 5.73 Å². The van der Waals surface area contributed by atoms with Crippen molar-refractivity contribution in [1.29, 1.82) is 0 Å². The van der Waals surface area contributed by atoms with Crippen molar-refractivity contribution < 1.29 is 4.79 Å². The zero-order chi connectivity index (χ0) is 14.2. The summed E-state index contributed by atoms with van der Waals surface area (Å²) in [5, 5.41) is 3.07. The van der Waals surface area contributed by atoms with Crippen LogP contribution in [0.15, 0.2) is 30.3 Å². The molecule has 1 aromatic rings. The van der Waals surface area contributed by atoms with Crippen LogP contribution in [0, 0.1) is 0 Å². The molecule has 0 bridgehead atoms. The lowest BCUT2D eigenvalue weighted by molar-refractivity contribution is 0.196. The molecule has 2 amide bonds. The van der Waals surface area contributed by atoms with Gasteiger partial charge in [0.15, 0.2) is 0 Å². The van der Waals surface area contributed by atoms with Gasteiger partial charge in [-0.3, -0.25) is 0 Å². The van der Waals surface area contributed by atoms with E-state index in [1.165, 1.54) is 18.4 Å². The second-order valence-corrected chi connectivity index (χ2v) is 5.47. The molecule has 110 valence electrons. The third-order valence-electron chi connectivity index (χ3n) is 3.83. The van der Waals surface area contributed by atoms with E-state index < -0.39 is 0 Å². The average Bonchev–Trinajstić information content (AvgIpc) is 2.76. The van der Waals surface area contributed by atoms with Gasteiger partial charge in [-0.15, -0.1) is 0 Å². The highest BCUT2D eigenvalue weighted by Gasteiger charge is 2.18. The summed E-state index contributed by atoms with van der Waals surface area (Å²) >= 11 is 0. The quantitative estimate of drug-likeness (QED) is 0.884. The van der Waals surface area contributed by atoms with Gasteiger partial charge in [0, 0.05) is 25.7 Å². The van der Waals surface area contributed by atoms with Gasteiger partial charge in [-0.1, -0.05) is 43.2 Å². The van der Waals surface area contributed by atoms with E-state index in [0.717, 1.165) is 32.4 Å². The molecule has 20 heavy (non-hydrogen) atoms. The summed E-state index contributed by atoms with van der Waals surface area (Å²) in [6, 6.07) is 10.2. The zero-order valence-electron chi connectivity index (χ0n) is 12.1. The first kappa shape index (κ1) is 14.9. The Balaban J connectivity index is 1.87. The largest absolute Gasteiger partial charge is 0.334 e. The zero-order valence-corrected chi connectivity index (χ0v) is 12.1. The number of amides is 2. The van der Waals surface area contributed by atoms with Crippen LogP contribution < -0.4 is 11.1 Å². The van der Waals surface area contributed by atoms with Gasteiger partial charge in [-0.2, -0.15) is 0 Å². The van der Waals surface area contributed by atoms with Crippen molar-refractivity contribution in [1.82, 2.24) is 10.2 Å². The van der Waals surface area contributed by atoms with Gasteiger partial charge < -0.3 is 16.0 Å². The van der Waals surface area contributed by atoms with Crippen molar-refractivity contribution in [2.45, 2.75) is 38.1 Å². The van der Waals surface area contributed by atoms with Gasteiger partial charge in [0.25, 0.3) is 0 Å². The van der Waals surface area contributed by atoms with Crippen molar-refractivity contribution in [3.8, 4) is 0 Å². The fourth-order valence-electron chi connectivity index (χ4n) is 2.63. The number of hydrogen-bond donors (Lipinski definition) is 2. The molecule has 4 heteroatoms. The minimum absolute atomic E-state index is 0.00755. The first-order valence-electron chi connectivity index (χ1n) is 7.59. The van der Waals surface area contributed by atoms with Crippen LogP contribution in [0.2, 0.25) is 0 Å². The molecular weight excluding hydrogens is 250 g/mol. The molecule has 4 nitrogen and oxygen atoms in total. The Labute approximate surface area is 121 Å². The molecule has 1 atom stereocenters. The molecule has 0 aliphatic carbocycles. The van der Waals surface area contributed by atoms with E-state index in [9.17, 15) is 4.79 Å². The number of nitrogens with zero attached hydrogens (tertiary/aromatic N) is 1. The van der Waals surface area contributed by atoms with Crippen LogP contribution in [-0.4, -0.2) is 36.6 Å². The van der Waals surface area contributed by atoms with Crippen LogP contribution in [0.5, 0.6) is 0 Å². The highest BCUT2D eigenvalue weighted by Crippen LogP contribution is 2.10. The van der Waals surface area contributed by atoms with Crippen LogP contribution in [0.25, 0.3) is 0 Å². The summed E-state index contributed by atoms with van der Waals surface area (Å²) in [5.41, 5.74) is 7.00. The Morgan fingerprint density at radius 1 is 1.15 bits per heavy atom. The lowest BCUT2D eigenvalue weighted by Gasteiger charge is -2.25. The molecule has 1 unspecified atom stereocenters. The SMILES string of the molecule is NCC(Cc1ccccc1)NC(=O)N1CCCCCC1. The summed E-state index contributed by atoms with van der Waals surface area (Å²) in [6.07, 6.45) is 5.47. The topological polar surface area (TPSA) is 58.4 Å². The van der Waals surface area contributed by atoms with E-state index in [1.807, 2.05) is 23.1 Å². The summed E-state index contributed by atoms with van der Waals surface area (Å²) in [5.74, 6) is 0. The standard InChI is InChI=1S/C16H25N3O/c17-13-15(12-14-8-4-3-5-9-14)18-16(20)19-10-6-1-2-7-11-19/h3-5,8-9,15H,1-2,6-7,10-13,17H2,(H,18,20). The maximum absolute atomic E-state index is 12.3. The summed E-state index contributed by atoms with van der Waals surface area (Å²) < 4.78 is 0. The van der Waals surface area contributed by atoms with Gasteiger partial charge in [0.05, 0.1) is 0 Å². The highest BCUT2D eigenvalue weighted by atomic mass is 16.2. The maximum Gasteiger partial charge on any atom is 0.317 e. The molecule has 2 rings (SSSR count). The number of nitrogens with one attached hydrogen (secondary N) is 1. The number of nitrogens with two attached hydrogens (primary N) is 1. The molecule has 0 aromatic heterocycles. The Morgan fingerprint density at radius 2 is 1.80 bits per heavy atom. The molecule has 1 fully saturated rings. The monoisotopic (exact) mass is 275 g/mol. The minimum Gasteiger partial charge on any atom is -0.334 e. The minimum atomic E-state index is 0.00755. The molecule has 0 saturated carbocycles. The molecule has 3 N–H and O–H groups in total. The molecule has 1 saturated heterocycles. The van der Waals surface area contributed by atoms with Crippen LogP contribution in [0.3, 0.4) is 0 Å². The first-order valence-corrected chi connectivity index (χ1v) is 7.59. The number of hydrogen-bond acceptors (Lipinski definition) is 2. The van der Waals surface area contributed by atoms with E-state index in [2.05, 4.69) is 17.4 Å². The van der Waals surface area contributed by atoms with Gasteiger partial charge >= 0.3 is 6.03 Å². The summed E-state index contributed by atoms with van der Waals surface area (Å²) in [7, 11) is 0. The van der Waals surface area contributed by atoms with Crippen molar-refractivity contribution in [3.63, 3.8) is 0 Å². The number of rotatable bonds is 4. The summed E-state index contributed by atoms with van der Waals surface area (Å²) in [4.78, 5) is 14.2. The molecule has 1 aromatic carbocycles.